The van der Waals surface area contributed by atoms with Crippen LogP contribution in [0.4, 0.5) is 0 Å². The Labute approximate surface area is 195 Å². The molecule has 3 aromatic carbocycles. The van der Waals surface area contributed by atoms with Crippen molar-refractivity contribution in [3.8, 4) is 22.6 Å². The van der Waals surface area contributed by atoms with Crippen molar-refractivity contribution < 1.29 is 9.21 Å². The molecule has 5 heteroatoms. The third-order valence-electron chi connectivity index (χ3n) is 5.68. The van der Waals surface area contributed by atoms with Gasteiger partial charge in [0.2, 0.25) is 17.7 Å². The summed E-state index contributed by atoms with van der Waals surface area (Å²) in [6.45, 7) is 6.81. The zero-order valence-corrected chi connectivity index (χ0v) is 19.6. The van der Waals surface area contributed by atoms with Crippen LogP contribution in [0.15, 0.2) is 83.3 Å². The molecule has 5 nitrogen and oxygen atoms in total. The van der Waals surface area contributed by atoms with E-state index in [0.717, 1.165) is 22.3 Å². The number of likely N-dealkylation sites (N-methyl/N-ethyl adjacent to an activating group) is 1. The lowest BCUT2D eigenvalue weighted by Crippen LogP contribution is -2.27. The van der Waals surface area contributed by atoms with Gasteiger partial charge in [0, 0.05) is 12.6 Å². The molecule has 0 aliphatic rings. The highest BCUT2D eigenvalue weighted by Gasteiger charge is 2.17. The van der Waals surface area contributed by atoms with Crippen LogP contribution in [-0.4, -0.2) is 28.1 Å². The highest BCUT2D eigenvalue weighted by Crippen LogP contribution is 2.26. The number of carbonyl (C=O) groups is 1. The van der Waals surface area contributed by atoms with E-state index in [1.807, 2.05) is 54.6 Å². The summed E-state index contributed by atoms with van der Waals surface area (Å²) in [6, 6.07) is 26.4. The average molecular weight is 440 g/mol. The summed E-state index contributed by atoms with van der Waals surface area (Å²) in [6.07, 6.45) is 0.320. The summed E-state index contributed by atoms with van der Waals surface area (Å²) in [5.74, 6) is 0.875. The zero-order chi connectivity index (χ0) is 23.4. The normalized spacial score (nSPS) is 11.4. The molecule has 0 fully saturated rings. The largest absolute Gasteiger partial charge is 0.419 e. The van der Waals surface area contributed by atoms with Crippen molar-refractivity contribution in [2.75, 3.05) is 7.05 Å². The van der Waals surface area contributed by atoms with Gasteiger partial charge in [0.1, 0.15) is 0 Å². The Kier molecular flexibility index (Phi) is 6.40. The molecule has 1 aromatic heterocycles. The quantitative estimate of drug-likeness (QED) is 0.375. The van der Waals surface area contributed by atoms with Gasteiger partial charge in [-0.15, -0.1) is 10.2 Å². The first-order valence-corrected chi connectivity index (χ1v) is 11.1. The van der Waals surface area contributed by atoms with E-state index in [1.165, 1.54) is 5.56 Å². The Morgan fingerprint density at radius 1 is 0.818 bits per heavy atom. The highest BCUT2D eigenvalue weighted by atomic mass is 16.4. The number of hydrogen-bond donors (Lipinski definition) is 0. The number of hydrogen-bond acceptors (Lipinski definition) is 4. The van der Waals surface area contributed by atoms with Crippen LogP contribution in [0.25, 0.3) is 22.6 Å². The van der Waals surface area contributed by atoms with Crippen LogP contribution in [0.3, 0.4) is 0 Å². The summed E-state index contributed by atoms with van der Waals surface area (Å²) in [4.78, 5) is 14.3. The molecule has 33 heavy (non-hydrogen) atoms. The predicted molar refractivity (Wildman–Crippen MR) is 130 cm³/mol. The second-order valence-electron chi connectivity index (χ2n) is 9.32. The van der Waals surface area contributed by atoms with Gasteiger partial charge in [0.05, 0.1) is 13.0 Å². The van der Waals surface area contributed by atoms with E-state index in [1.54, 1.807) is 11.9 Å². The van der Waals surface area contributed by atoms with Gasteiger partial charge in [-0.25, -0.2) is 0 Å². The molecule has 4 aromatic rings. The molecular weight excluding hydrogens is 410 g/mol. The lowest BCUT2D eigenvalue weighted by atomic mass is 9.87. The molecule has 0 aliphatic heterocycles. The number of carbonyl (C=O) groups excluding carboxylic acids is 1. The predicted octanol–water partition coefficient (Wildman–Crippen LogP) is 5.90. The summed E-state index contributed by atoms with van der Waals surface area (Å²) in [5, 5.41) is 8.29. The van der Waals surface area contributed by atoms with Gasteiger partial charge in [-0.1, -0.05) is 87.5 Å². The number of amides is 1. The smallest absolute Gasteiger partial charge is 0.247 e. The van der Waals surface area contributed by atoms with Crippen molar-refractivity contribution in [3.63, 3.8) is 0 Å². The number of benzene rings is 3. The fourth-order valence-electron chi connectivity index (χ4n) is 3.59. The Bertz CT molecular complexity index is 1200. The standard InChI is InChI=1S/C28H29N3O2/c1-28(2,3)24-16-14-23(15-17-24)27-30-29-25(33-27)19-31(4)26(32)18-20-10-12-22(13-11-20)21-8-6-5-7-9-21/h5-17H,18-19H2,1-4H3. The van der Waals surface area contributed by atoms with Crippen molar-refractivity contribution in [3.05, 3.63) is 95.9 Å². The Morgan fingerprint density at radius 3 is 2.06 bits per heavy atom. The monoisotopic (exact) mass is 439 g/mol. The number of rotatable bonds is 6. The van der Waals surface area contributed by atoms with Crippen LogP contribution in [0, 0.1) is 0 Å². The van der Waals surface area contributed by atoms with Crippen molar-refractivity contribution in [1.82, 2.24) is 15.1 Å². The molecule has 0 spiro atoms. The SMILES string of the molecule is CN(Cc1nnc(-c2ccc(C(C)(C)C)cc2)o1)C(=O)Cc1ccc(-c2ccccc2)cc1. The van der Waals surface area contributed by atoms with Gasteiger partial charge in [-0.05, 0) is 39.8 Å². The minimum absolute atomic E-state index is 0.00302. The molecule has 4 rings (SSSR count). The number of aromatic nitrogens is 2. The molecule has 1 amide bonds. The van der Waals surface area contributed by atoms with Crippen LogP contribution >= 0.6 is 0 Å². The number of nitrogens with zero attached hydrogens (tertiary/aromatic N) is 3. The lowest BCUT2D eigenvalue weighted by Gasteiger charge is -2.18. The Hall–Kier alpha value is -3.73. The van der Waals surface area contributed by atoms with E-state index in [4.69, 9.17) is 4.42 Å². The van der Waals surface area contributed by atoms with Crippen molar-refractivity contribution in [1.29, 1.82) is 0 Å². The van der Waals surface area contributed by atoms with Gasteiger partial charge < -0.3 is 9.32 Å². The van der Waals surface area contributed by atoms with Gasteiger partial charge in [-0.2, -0.15) is 0 Å². The maximum Gasteiger partial charge on any atom is 0.247 e. The summed E-state index contributed by atoms with van der Waals surface area (Å²) in [5.41, 5.74) is 5.46. The molecule has 0 saturated heterocycles. The maximum atomic E-state index is 12.7. The van der Waals surface area contributed by atoms with E-state index in [-0.39, 0.29) is 17.9 Å². The summed E-state index contributed by atoms with van der Waals surface area (Å²) in [7, 11) is 1.75. The third-order valence-corrected chi connectivity index (χ3v) is 5.68. The molecular formula is C28H29N3O2. The average Bonchev–Trinajstić information content (AvgIpc) is 3.28. The van der Waals surface area contributed by atoms with Crippen molar-refractivity contribution in [2.24, 2.45) is 0 Å². The second kappa shape index (κ2) is 9.41. The first kappa shape index (κ1) is 22.5. The molecule has 0 aliphatic carbocycles. The minimum atomic E-state index is -0.00302. The van der Waals surface area contributed by atoms with E-state index >= 15 is 0 Å². The van der Waals surface area contributed by atoms with Gasteiger partial charge in [0.25, 0.3) is 0 Å². The van der Waals surface area contributed by atoms with E-state index in [9.17, 15) is 4.79 Å². The topological polar surface area (TPSA) is 59.2 Å². The fraction of sp³-hybridized carbons (Fsp3) is 0.250. The summed E-state index contributed by atoms with van der Waals surface area (Å²) < 4.78 is 5.81. The van der Waals surface area contributed by atoms with Crippen LogP contribution in [0.5, 0.6) is 0 Å². The molecule has 0 saturated carbocycles. The minimum Gasteiger partial charge on any atom is -0.419 e. The first-order valence-electron chi connectivity index (χ1n) is 11.1. The van der Waals surface area contributed by atoms with Crippen LogP contribution in [0.2, 0.25) is 0 Å². The molecule has 0 bridgehead atoms. The highest BCUT2D eigenvalue weighted by molar-refractivity contribution is 5.78. The molecule has 0 atom stereocenters. The first-order chi connectivity index (χ1) is 15.8. The van der Waals surface area contributed by atoms with Gasteiger partial charge in [0.15, 0.2) is 0 Å². The second-order valence-corrected chi connectivity index (χ2v) is 9.32. The summed E-state index contributed by atoms with van der Waals surface area (Å²) >= 11 is 0. The Morgan fingerprint density at radius 2 is 1.42 bits per heavy atom. The van der Waals surface area contributed by atoms with Gasteiger partial charge in [-0.3, -0.25) is 4.79 Å². The van der Waals surface area contributed by atoms with Gasteiger partial charge >= 0.3 is 0 Å². The lowest BCUT2D eigenvalue weighted by molar-refractivity contribution is -0.130. The van der Waals surface area contributed by atoms with E-state index in [2.05, 4.69) is 55.2 Å². The third kappa shape index (κ3) is 5.55. The molecule has 1 heterocycles. The molecule has 168 valence electrons. The van der Waals surface area contributed by atoms with Crippen LogP contribution in [0.1, 0.15) is 37.8 Å². The molecule has 0 unspecified atom stereocenters. The van der Waals surface area contributed by atoms with Crippen molar-refractivity contribution in [2.45, 2.75) is 39.2 Å². The Balaban J connectivity index is 1.36. The molecule has 0 radical (unpaired) electrons. The van der Waals surface area contributed by atoms with E-state index < -0.39 is 0 Å². The van der Waals surface area contributed by atoms with E-state index in [0.29, 0.717) is 18.2 Å². The molecule has 0 N–H and O–H groups in total. The van der Waals surface area contributed by atoms with Crippen LogP contribution < -0.4 is 0 Å². The zero-order valence-electron chi connectivity index (χ0n) is 19.6. The van der Waals surface area contributed by atoms with Crippen LogP contribution in [-0.2, 0) is 23.2 Å². The fourth-order valence-corrected chi connectivity index (χ4v) is 3.59. The van der Waals surface area contributed by atoms with Crippen molar-refractivity contribution >= 4 is 5.91 Å². The maximum absolute atomic E-state index is 12.7.